The van der Waals surface area contributed by atoms with Crippen LogP contribution in [0, 0.1) is 0 Å². The average Bonchev–Trinajstić information content (AvgIpc) is 2.19. The monoisotopic (exact) mass is 280 g/mol. The second-order valence-corrected chi connectivity index (χ2v) is 5.20. The van der Waals surface area contributed by atoms with Crippen molar-refractivity contribution in [3.63, 3.8) is 0 Å². The minimum absolute atomic E-state index is 0.203. The first kappa shape index (κ1) is 12.2. The second-order valence-electron chi connectivity index (χ2n) is 4.02. The summed E-state index contributed by atoms with van der Waals surface area (Å²) in [7, 11) is 0. The summed E-state index contributed by atoms with van der Waals surface area (Å²) in [5.74, 6) is 0.455. The second kappa shape index (κ2) is 4.57. The van der Waals surface area contributed by atoms with Gasteiger partial charge in [0.25, 0.3) is 0 Å². The predicted molar refractivity (Wildman–Crippen MR) is 66.6 cm³/mol. The van der Waals surface area contributed by atoms with Crippen molar-refractivity contribution in [1.82, 2.24) is 4.98 Å². The predicted octanol–water partition coefficient (Wildman–Crippen LogP) is 3.37. The first-order chi connectivity index (χ1) is 7.50. The fraction of sp³-hybridized carbons (Fsp3) is 0.500. The number of rotatable bonds is 3. The Kier molecular flexibility index (Phi) is 3.50. The smallest absolute Gasteiger partial charge is 0.150 e. The lowest BCUT2D eigenvalue weighted by molar-refractivity contribution is -0.0202. The van der Waals surface area contributed by atoms with Crippen molar-refractivity contribution in [3.8, 4) is 0 Å². The van der Waals surface area contributed by atoms with Crippen LogP contribution >= 0.6 is 34.8 Å². The first-order valence-electron chi connectivity index (χ1n) is 4.98. The van der Waals surface area contributed by atoms with Gasteiger partial charge in [0.15, 0.2) is 0 Å². The summed E-state index contributed by atoms with van der Waals surface area (Å²) in [5.41, 5.74) is -0.628. The van der Waals surface area contributed by atoms with Crippen molar-refractivity contribution < 1.29 is 5.11 Å². The molecule has 0 saturated heterocycles. The zero-order valence-corrected chi connectivity index (χ0v) is 10.7. The molecule has 1 aromatic rings. The maximum atomic E-state index is 9.89. The summed E-state index contributed by atoms with van der Waals surface area (Å²) >= 11 is 17.5. The van der Waals surface area contributed by atoms with Crippen LogP contribution in [0.5, 0.6) is 0 Å². The number of hydrogen-bond donors (Lipinski definition) is 2. The summed E-state index contributed by atoms with van der Waals surface area (Å²) in [4.78, 5) is 4.01. The zero-order chi connectivity index (χ0) is 11.8. The van der Waals surface area contributed by atoms with Crippen molar-refractivity contribution in [1.29, 1.82) is 0 Å². The van der Waals surface area contributed by atoms with Crippen molar-refractivity contribution in [2.75, 3.05) is 11.9 Å². The number of aromatic nitrogens is 1. The Balaban J connectivity index is 2.06. The first-order valence-corrected chi connectivity index (χ1v) is 6.11. The van der Waals surface area contributed by atoms with E-state index in [1.165, 1.54) is 6.07 Å². The molecule has 0 spiro atoms. The van der Waals surface area contributed by atoms with Gasteiger partial charge in [-0.05, 0) is 25.3 Å². The van der Waals surface area contributed by atoms with Crippen LogP contribution in [-0.2, 0) is 0 Å². The van der Waals surface area contributed by atoms with Gasteiger partial charge in [0, 0.05) is 6.54 Å². The Hall–Kier alpha value is -0.220. The van der Waals surface area contributed by atoms with Gasteiger partial charge in [-0.1, -0.05) is 34.8 Å². The highest BCUT2D eigenvalue weighted by Crippen LogP contribution is 2.33. The van der Waals surface area contributed by atoms with Crippen LogP contribution in [0.4, 0.5) is 5.82 Å². The Bertz CT molecular complexity index is 407. The highest BCUT2D eigenvalue weighted by molar-refractivity contribution is 6.42. The summed E-state index contributed by atoms with van der Waals surface area (Å²) in [6.45, 7) is 0.428. The molecule has 1 aliphatic rings. The lowest BCUT2D eigenvalue weighted by atomic mass is 9.80. The Morgan fingerprint density at radius 2 is 2.00 bits per heavy atom. The SMILES string of the molecule is OC1(CNc2nc(Cl)c(Cl)cc2Cl)CCC1. The highest BCUT2D eigenvalue weighted by atomic mass is 35.5. The minimum Gasteiger partial charge on any atom is -0.388 e. The van der Waals surface area contributed by atoms with E-state index in [-0.39, 0.29) is 5.15 Å². The molecule has 0 amide bonds. The van der Waals surface area contributed by atoms with Crippen molar-refractivity contribution in [2.24, 2.45) is 0 Å². The van der Waals surface area contributed by atoms with Crippen LogP contribution in [0.2, 0.25) is 15.2 Å². The van der Waals surface area contributed by atoms with Crippen LogP contribution in [-0.4, -0.2) is 22.2 Å². The Labute approximate surface area is 109 Å². The normalized spacial score (nSPS) is 18.0. The molecule has 2 rings (SSSR count). The van der Waals surface area contributed by atoms with Crippen LogP contribution in [0.3, 0.4) is 0 Å². The summed E-state index contributed by atoms with van der Waals surface area (Å²) in [6.07, 6.45) is 2.67. The molecule has 0 aromatic carbocycles. The number of aliphatic hydroxyl groups is 1. The third-order valence-corrected chi connectivity index (χ3v) is 3.72. The van der Waals surface area contributed by atoms with E-state index in [1.54, 1.807) is 0 Å². The fourth-order valence-corrected chi connectivity index (χ4v) is 2.14. The van der Waals surface area contributed by atoms with E-state index in [0.29, 0.717) is 22.4 Å². The maximum absolute atomic E-state index is 9.89. The quantitative estimate of drug-likeness (QED) is 0.835. The number of halogens is 3. The van der Waals surface area contributed by atoms with E-state index in [4.69, 9.17) is 34.8 Å². The summed E-state index contributed by atoms with van der Waals surface area (Å²) < 4.78 is 0. The van der Waals surface area contributed by atoms with Gasteiger partial charge in [0.05, 0.1) is 15.6 Å². The molecule has 1 fully saturated rings. The van der Waals surface area contributed by atoms with Gasteiger partial charge in [0.1, 0.15) is 11.0 Å². The molecule has 88 valence electrons. The van der Waals surface area contributed by atoms with E-state index in [2.05, 4.69) is 10.3 Å². The number of hydrogen-bond acceptors (Lipinski definition) is 3. The molecular weight excluding hydrogens is 270 g/mol. The third kappa shape index (κ3) is 2.54. The van der Waals surface area contributed by atoms with Gasteiger partial charge in [0.2, 0.25) is 0 Å². The van der Waals surface area contributed by atoms with E-state index in [0.717, 1.165) is 19.3 Å². The molecule has 0 atom stereocenters. The van der Waals surface area contributed by atoms with E-state index >= 15 is 0 Å². The van der Waals surface area contributed by atoms with E-state index < -0.39 is 5.60 Å². The topological polar surface area (TPSA) is 45.1 Å². The summed E-state index contributed by atoms with van der Waals surface area (Å²) in [5, 5.41) is 13.8. The molecule has 0 bridgehead atoms. The molecular formula is C10H11Cl3N2O. The lowest BCUT2D eigenvalue weighted by Crippen LogP contribution is -2.43. The van der Waals surface area contributed by atoms with Gasteiger partial charge in [-0.3, -0.25) is 0 Å². The number of anilines is 1. The van der Waals surface area contributed by atoms with Gasteiger partial charge in [-0.2, -0.15) is 0 Å². The highest BCUT2D eigenvalue weighted by Gasteiger charge is 2.34. The molecule has 1 aliphatic carbocycles. The Morgan fingerprint density at radius 3 is 2.56 bits per heavy atom. The van der Waals surface area contributed by atoms with Crippen LogP contribution in [0.25, 0.3) is 0 Å². The molecule has 0 radical (unpaired) electrons. The summed E-state index contributed by atoms with van der Waals surface area (Å²) in [6, 6.07) is 1.53. The molecule has 1 aromatic heterocycles. The van der Waals surface area contributed by atoms with Crippen LogP contribution in [0.1, 0.15) is 19.3 Å². The van der Waals surface area contributed by atoms with Crippen molar-refractivity contribution in [2.45, 2.75) is 24.9 Å². The Morgan fingerprint density at radius 1 is 1.31 bits per heavy atom. The largest absolute Gasteiger partial charge is 0.388 e. The molecule has 2 N–H and O–H groups in total. The fourth-order valence-electron chi connectivity index (χ4n) is 1.58. The van der Waals surface area contributed by atoms with Gasteiger partial charge in [-0.25, -0.2) is 4.98 Å². The van der Waals surface area contributed by atoms with E-state index in [9.17, 15) is 5.11 Å². The zero-order valence-electron chi connectivity index (χ0n) is 8.43. The third-order valence-electron chi connectivity index (χ3n) is 2.76. The van der Waals surface area contributed by atoms with Crippen LogP contribution < -0.4 is 5.32 Å². The van der Waals surface area contributed by atoms with Gasteiger partial charge >= 0.3 is 0 Å². The van der Waals surface area contributed by atoms with E-state index in [1.807, 2.05) is 0 Å². The molecule has 1 saturated carbocycles. The van der Waals surface area contributed by atoms with Gasteiger partial charge < -0.3 is 10.4 Å². The average molecular weight is 282 g/mol. The number of nitrogens with zero attached hydrogens (tertiary/aromatic N) is 1. The van der Waals surface area contributed by atoms with Crippen molar-refractivity contribution >= 4 is 40.6 Å². The number of nitrogens with one attached hydrogen (secondary N) is 1. The molecule has 6 heteroatoms. The lowest BCUT2D eigenvalue weighted by Gasteiger charge is -2.36. The molecule has 0 aliphatic heterocycles. The van der Waals surface area contributed by atoms with Gasteiger partial charge in [-0.15, -0.1) is 0 Å². The standard InChI is InChI=1S/C10H11Cl3N2O/c11-6-4-7(12)9(15-8(6)13)14-5-10(16)2-1-3-10/h4,16H,1-3,5H2,(H,14,15). The van der Waals surface area contributed by atoms with Crippen LogP contribution in [0.15, 0.2) is 6.07 Å². The van der Waals surface area contributed by atoms with Crippen molar-refractivity contribution in [3.05, 3.63) is 21.3 Å². The molecule has 3 nitrogen and oxygen atoms in total. The maximum Gasteiger partial charge on any atom is 0.150 e. The molecule has 0 unspecified atom stereocenters. The molecule has 1 heterocycles. The number of pyridine rings is 1. The minimum atomic E-state index is -0.628. The molecule has 16 heavy (non-hydrogen) atoms.